The standard InChI is InChI=1S/C17H18N2OS/c1-11-6-5-7-12-10-14(20-17(11)12)16(19-18)13-8-3-4-9-15(13)21-2/h3-10,16,19H,18H2,1-2H3. The number of furan rings is 1. The molecule has 0 aliphatic carbocycles. The Morgan fingerprint density at radius 1 is 1.14 bits per heavy atom. The lowest BCUT2D eigenvalue weighted by Crippen LogP contribution is -2.28. The first-order chi connectivity index (χ1) is 10.2. The van der Waals surface area contributed by atoms with Crippen LogP contribution in [0.25, 0.3) is 11.0 Å². The SMILES string of the molecule is CSc1ccccc1C(NN)c1cc2cccc(C)c2o1. The van der Waals surface area contributed by atoms with E-state index in [4.69, 9.17) is 10.3 Å². The highest BCUT2D eigenvalue weighted by Crippen LogP contribution is 2.33. The minimum absolute atomic E-state index is 0.152. The van der Waals surface area contributed by atoms with Crippen LogP contribution < -0.4 is 11.3 Å². The van der Waals surface area contributed by atoms with E-state index in [1.165, 1.54) is 4.90 Å². The minimum Gasteiger partial charge on any atom is -0.459 e. The number of nitrogens with two attached hydrogens (primary N) is 1. The van der Waals surface area contributed by atoms with E-state index < -0.39 is 0 Å². The zero-order valence-electron chi connectivity index (χ0n) is 12.1. The van der Waals surface area contributed by atoms with Gasteiger partial charge in [-0.15, -0.1) is 11.8 Å². The molecule has 1 unspecified atom stereocenters. The predicted molar refractivity (Wildman–Crippen MR) is 88.3 cm³/mol. The maximum atomic E-state index is 6.05. The van der Waals surface area contributed by atoms with Crippen LogP contribution in [0.4, 0.5) is 0 Å². The molecule has 0 fully saturated rings. The van der Waals surface area contributed by atoms with Crippen LogP contribution in [0.3, 0.4) is 0 Å². The number of para-hydroxylation sites is 1. The van der Waals surface area contributed by atoms with Crippen molar-refractivity contribution < 1.29 is 4.42 Å². The van der Waals surface area contributed by atoms with Gasteiger partial charge < -0.3 is 4.42 Å². The van der Waals surface area contributed by atoms with Crippen molar-refractivity contribution in [2.24, 2.45) is 5.84 Å². The fourth-order valence-electron chi connectivity index (χ4n) is 2.60. The maximum absolute atomic E-state index is 6.05. The number of hydrazine groups is 1. The van der Waals surface area contributed by atoms with Gasteiger partial charge >= 0.3 is 0 Å². The van der Waals surface area contributed by atoms with E-state index in [2.05, 4.69) is 48.9 Å². The summed E-state index contributed by atoms with van der Waals surface area (Å²) in [6, 6.07) is 16.3. The third kappa shape index (κ3) is 2.58. The van der Waals surface area contributed by atoms with E-state index in [-0.39, 0.29) is 6.04 Å². The lowest BCUT2D eigenvalue weighted by molar-refractivity contribution is 0.473. The maximum Gasteiger partial charge on any atom is 0.137 e. The summed E-state index contributed by atoms with van der Waals surface area (Å²) >= 11 is 1.71. The number of hydrogen-bond donors (Lipinski definition) is 2. The predicted octanol–water partition coefficient (Wildman–Crippen LogP) is 4.02. The summed E-state index contributed by atoms with van der Waals surface area (Å²) < 4.78 is 6.05. The number of rotatable bonds is 4. The van der Waals surface area contributed by atoms with Gasteiger partial charge in [0.25, 0.3) is 0 Å². The summed E-state index contributed by atoms with van der Waals surface area (Å²) in [7, 11) is 0. The van der Waals surface area contributed by atoms with Gasteiger partial charge in [-0.1, -0.05) is 36.4 Å². The van der Waals surface area contributed by atoms with Crippen LogP contribution in [0.1, 0.15) is 22.9 Å². The van der Waals surface area contributed by atoms with E-state index in [1.54, 1.807) is 11.8 Å². The molecular weight excluding hydrogens is 280 g/mol. The second-order valence-corrected chi connectivity index (χ2v) is 5.83. The molecule has 3 nitrogen and oxygen atoms in total. The fourth-order valence-corrected chi connectivity index (χ4v) is 3.24. The molecule has 0 amide bonds. The Morgan fingerprint density at radius 2 is 1.95 bits per heavy atom. The summed E-state index contributed by atoms with van der Waals surface area (Å²) in [6.45, 7) is 2.05. The molecule has 0 aliphatic rings. The first kappa shape index (κ1) is 14.2. The van der Waals surface area contributed by atoms with Crippen molar-refractivity contribution in [2.45, 2.75) is 17.9 Å². The highest BCUT2D eigenvalue weighted by molar-refractivity contribution is 7.98. The highest BCUT2D eigenvalue weighted by atomic mass is 32.2. The van der Waals surface area contributed by atoms with Crippen molar-refractivity contribution in [1.82, 2.24) is 5.43 Å². The van der Waals surface area contributed by atoms with E-state index in [0.29, 0.717) is 0 Å². The van der Waals surface area contributed by atoms with Gasteiger partial charge in [0.05, 0.1) is 0 Å². The van der Waals surface area contributed by atoms with Crippen molar-refractivity contribution in [3.63, 3.8) is 0 Å². The monoisotopic (exact) mass is 298 g/mol. The molecule has 108 valence electrons. The number of hydrogen-bond acceptors (Lipinski definition) is 4. The molecule has 1 heterocycles. The zero-order chi connectivity index (χ0) is 14.8. The van der Waals surface area contributed by atoms with Crippen LogP contribution in [0, 0.1) is 6.92 Å². The first-order valence-corrected chi connectivity index (χ1v) is 8.05. The van der Waals surface area contributed by atoms with Crippen LogP contribution >= 0.6 is 11.8 Å². The van der Waals surface area contributed by atoms with Gasteiger partial charge in [0.1, 0.15) is 17.4 Å². The summed E-state index contributed by atoms with van der Waals surface area (Å²) in [5, 5.41) is 1.10. The van der Waals surface area contributed by atoms with Gasteiger partial charge in [0.15, 0.2) is 0 Å². The number of nitrogens with one attached hydrogen (secondary N) is 1. The third-order valence-electron chi connectivity index (χ3n) is 3.66. The molecule has 0 saturated heterocycles. The van der Waals surface area contributed by atoms with Gasteiger partial charge in [-0.25, -0.2) is 5.43 Å². The van der Waals surface area contributed by atoms with Crippen LogP contribution in [0.5, 0.6) is 0 Å². The average molecular weight is 298 g/mol. The van der Waals surface area contributed by atoms with E-state index in [9.17, 15) is 0 Å². The second kappa shape index (κ2) is 5.93. The Balaban J connectivity index is 2.12. The van der Waals surface area contributed by atoms with E-state index in [0.717, 1.165) is 27.9 Å². The third-order valence-corrected chi connectivity index (χ3v) is 4.47. The number of aryl methyl sites for hydroxylation is 1. The zero-order valence-corrected chi connectivity index (χ0v) is 12.9. The van der Waals surface area contributed by atoms with Crippen LogP contribution in [-0.2, 0) is 0 Å². The minimum atomic E-state index is -0.152. The Kier molecular flexibility index (Phi) is 4.01. The Hall–Kier alpha value is -1.75. The van der Waals surface area contributed by atoms with E-state index in [1.807, 2.05) is 18.2 Å². The fraction of sp³-hybridized carbons (Fsp3) is 0.176. The number of fused-ring (bicyclic) bond motifs is 1. The molecule has 2 aromatic carbocycles. The van der Waals surface area contributed by atoms with Crippen LogP contribution in [0.2, 0.25) is 0 Å². The highest BCUT2D eigenvalue weighted by Gasteiger charge is 2.20. The van der Waals surface area contributed by atoms with Gasteiger partial charge in [-0.3, -0.25) is 5.84 Å². The van der Waals surface area contributed by atoms with Gasteiger partial charge in [0, 0.05) is 10.3 Å². The van der Waals surface area contributed by atoms with Gasteiger partial charge in [-0.2, -0.15) is 0 Å². The normalized spacial score (nSPS) is 12.7. The summed E-state index contributed by atoms with van der Waals surface area (Å²) in [5.41, 5.74) is 6.07. The molecule has 1 aromatic heterocycles. The largest absolute Gasteiger partial charge is 0.459 e. The molecule has 0 aliphatic heterocycles. The smallest absolute Gasteiger partial charge is 0.137 e. The molecule has 3 aromatic rings. The Morgan fingerprint density at radius 3 is 2.67 bits per heavy atom. The van der Waals surface area contributed by atoms with E-state index >= 15 is 0 Å². The summed E-state index contributed by atoms with van der Waals surface area (Å²) in [6.07, 6.45) is 2.06. The molecule has 0 bridgehead atoms. The molecule has 0 spiro atoms. The Bertz CT molecular complexity index is 766. The summed E-state index contributed by atoms with van der Waals surface area (Å²) in [5.74, 6) is 6.64. The Labute approximate surface area is 128 Å². The average Bonchev–Trinajstić information content (AvgIpc) is 2.94. The van der Waals surface area contributed by atoms with Crippen molar-refractivity contribution in [1.29, 1.82) is 0 Å². The topological polar surface area (TPSA) is 51.2 Å². The van der Waals surface area contributed by atoms with Crippen molar-refractivity contribution >= 4 is 22.7 Å². The molecular formula is C17H18N2OS. The summed E-state index contributed by atoms with van der Waals surface area (Å²) in [4.78, 5) is 1.19. The molecule has 0 radical (unpaired) electrons. The van der Waals surface area contributed by atoms with Crippen LogP contribution in [-0.4, -0.2) is 6.26 Å². The van der Waals surface area contributed by atoms with Crippen molar-refractivity contribution in [3.8, 4) is 0 Å². The lowest BCUT2D eigenvalue weighted by atomic mass is 10.0. The molecule has 4 heteroatoms. The number of thioether (sulfide) groups is 1. The molecule has 1 atom stereocenters. The van der Waals surface area contributed by atoms with Crippen LogP contribution in [0.15, 0.2) is 57.8 Å². The second-order valence-electron chi connectivity index (χ2n) is 4.98. The first-order valence-electron chi connectivity index (χ1n) is 6.82. The van der Waals surface area contributed by atoms with Crippen molar-refractivity contribution in [2.75, 3.05) is 6.26 Å². The van der Waals surface area contributed by atoms with Gasteiger partial charge in [-0.05, 0) is 36.4 Å². The lowest BCUT2D eigenvalue weighted by Gasteiger charge is -2.16. The molecule has 21 heavy (non-hydrogen) atoms. The van der Waals surface area contributed by atoms with Crippen molar-refractivity contribution in [3.05, 3.63) is 65.4 Å². The molecule has 3 rings (SSSR count). The molecule has 3 N–H and O–H groups in total. The van der Waals surface area contributed by atoms with Gasteiger partial charge in [0.2, 0.25) is 0 Å². The quantitative estimate of drug-likeness (QED) is 0.434. The molecule has 0 saturated carbocycles. The number of benzene rings is 2.